The smallest absolute Gasteiger partial charge is 0.326 e. The van der Waals surface area contributed by atoms with Gasteiger partial charge in [-0.2, -0.15) is 13.2 Å². The van der Waals surface area contributed by atoms with Crippen molar-refractivity contribution in [3.63, 3.8) is 0 Å². The zero-order valence-corrected chi connectivity index (χ0v) is 15.2. The fourth-order valence-electron chi connectivity index (χ4n) is 3.07. The van der Waals surface area contributed by atoms with E-state index in [-0.39, 0.29) is 23.2 Å². The van der Waals surface area contributed by atoms with Crippen LogP contribution in [0.3, 0.4) is 0 Å². The number of fused-ring (bicyclic) bond motifs is 1. The van der Waals surface area contributed by atoms with Crippen molar-refractivity contribution in [1.82, 2.24) is 9.55 Å². The second-order valence-electron chi connectivity index (χ2n) is 6.52. The van der Waals surface area contributed by atoms with E-state index in [0.717, 1.165) is 17.7 Å². The summed E-state index contributed by atoms with van der Waals surface area (Å²) in [5, 5.41) is 5.75. The molecule has 1 aliphatic rings. The van der Waals surface area contributed by atoms with E-state index in [1.165, 1.54) is 22.8 Å². The van der Waals surface area contributed by atoms with Crippen LogP contribution in [0.25, 0.3) is 0 Å². The third kappa shape index (κ3) is 3.84. The summed E-state index contributed by atoms with van der Waals surface area (Å²) < 4.78 is 40.4. The van der Waals surface area contributed by atoms with E-state index >= 15 is 0 Å². The van der Waals surface area contributed by atoms with E-state index in [0.29, 0.717) is 5.69 Å². The minimum atomic E-state index is -4.45. The van der Waals surface area contributed by atoms with Crippen molar-refractivity contribution in [2.75, 3.05) is 10.6 Å². The van der Waals surface area contributed by atoms with Gasteiger partial charge in [-0.1, -0.05) is 36.4 Å². The Morgan fingerprint density at radius 1 is 1.07 bits per heavy atom. The van der Waals surface area contributed by atoms with Gasteiger partial charge in [0.1, 0.15) is 0 Å². The normalized spacial score (nSPS) is 15.9. The maximum Gasteiger partial charge on any atom is 0.416 e. The SMILES string of the molecule is Cc1cc(=O)n2c(n1)NC(Nc1cccc(C(F)(F)F)c1)=NC2c1ccccc1. The zero-order valence-electron chi connectivity index (χ0n) is 15.2. The number of anilines is 2. The molecule has 0 bridgehead atoms. The van der Waals surface area contributed by atoms with Crippen molar-refractivity contribution in [3.8, 4) is 0 Å². The number of aryl methyl sites for hydroxylation is 1. The molecule has 0 amide bonds. The highest BCUT2D eigenvalue weighted by Gasteiger charge is 2.31. The highest BCUT2D eigenvalue weighted by molar-refractivity contribution is 6.03. The molecule has 1 unspecified atom stereocenters. The highest BCUT2D eigenvalue weighted by atomic mass is 19.4. The number of aliphatic imine (C=N–C) groups is 1. The molecule has 0 spiro atoms. The Labute approximate surface area is 163 Å². The van der Waals surface area contributed by atoms with Crippen molar-refractivity contribution >= 4 is 17.6 Å². The Kier molecular flexibility index (Phi) is 4.57. The van der Waals surface area contributed by atoms with Gasteiger partial charge in [-0.3, -0.25) is 14.7 Å². The zero-order chi connectivity index (χ0) is 20.6. The monoisotopic (exact) mass is 399 g/mol. The Balaban J connectivity index is 1.75. The predicted octanol–water partition coefficient (Wildman–Crippen LogP) is 4.01. The Morgan fingerprint density at radius 3 is 2.55 bits per heavy atom. The first-order valence-electron chi connectivity index (χ1n) is 8.75. The average Bonchev–Trinajstić information content (AvgIpc) is 2.67. The molecule has 29 heavy (non-hydrogen) atoms. The number of nitrogens with one attached hydrogen (secondary N) is 2. The third-order valence-electron chi connectivity index (χ3n) is 4.36. The lowest BCUT2D eigenvalue weighted by atomic mass is 10.1. The minimum Gasteiger partial charge on any atom is -0.326 e. The predicted molar refractivity (Wildman–Crippen MR) is 104 cm³/mol. The standard InChI is InChI=1S/C20H16F3N5O/c1-12-10-16(29)28-17(13-6-3-2-4-7-13)26-18(27-19(28)24-12)25-15-9-5-8-14(11-15)20(21,22)23/h2-11,17H,1H3,(H2,24,25,26,27). The van der Waals surface area contributed by atoms with Gasteiger partial charge in [-0.15, -0.1) is 0 Å². The number of hydrogen-bond acceptors (Lipinski definition) is 5. The molecule has 0 aliphatic carbocycles. The molecule has 1 aliphatic heterocycles. The van der Waals surface area contributed by atoms with Crippen molar-refractivity contribution < 1.29 is 13.2 Å². The number of halogens is 3. The molecule has 2 aromatic carbocycles. The van der Waals surface area contributed by atoms with Gasteiger partial charge in [0.2, 0.25) is 11.9 Å². The summed E-state index contributed by atoms with van der Waals surface area (Å²) in [6.45, 7) is 1.69. The molecule has 1 atom stereocenters. The molecule has 0 radical (unpaired) electrons. The van der Waals surface area contributed by atoms with Crippen LogP contribution in [-0.4, -0.2) is 15.5 Å². The number of hydrogen-bond donors (Lipinski definition) is 2. The first kappa shape index (κ1) is 18.7. The molecule has 2 N–H and O–H groups in total. The van der Waals surface area contributed by atoms with Gasteiger partial charge in [-0.25, -0.2) is 9.98 Å². The fraction of sp³-hybridized carbons (Fsp3) is 0.150. The van der Waals surface area contributed by atoms with Crippen molar-refractivity contribution in [3.05, 3.63) is 87.8 Å². The number of aromatic nitrogens is 2. The summed E-state index contributed by atoms with van der Waals surface area (Å²) in [7, 11) is 0. The van der Waals surface area contributed by atoms with Crippen molar-refractivity contribution in [1.29, 1.82) is 0 Å². The van der Waals surface area contributed by atoms with Gasteiger partial charge < -0.3 is 5.32 Å². The summed E-state index contributed by atoms with van der Waals surface area (Å²) in [4.78, 5) is 21.4. The molecule has 0 saturated carbocycles. The van der Waals surface area contributed by atoms with Gasteiger partial charge in [0.05, 0.1) is 5.56 Å². The second-order valence-corrected chi connectivity index (χ2v) is 6.52. The van der Waals surface area contributed by atoms with Crippen molar-refractivity contribution in [2.45, 2.75) is 19.3 Å². The molecule has 0 fully saturated rings. The van der Waals surface area contributed by atoms with Gasteiger partial charge in [0.25, 0.3) is 5.56 Å². The molecular formula is C20H16F3N5O. The molecular weight excluding hydrogens is 383 g/mol. The lowest BCUT2D eigenvalue weighted by Crippen LogP contribution is -2.37. The van der Waals surface area contributed by atoms with E-state index < -0.39 is 17.9 Å². The maximum atomic E-state index is 13.0. The van der Waals surface area contributed by atoms with Crippen LogP contribution >= 0.6 is 0 Å². The first-order valence-corrected chi connectivity index (χ1v) is 8.75. The molecule has 3 aromatic rings. The lowest BCUT2D eigenvalue weighted by molar-refractivity contribution is -0.137. The van der Waals surface area contributed by atoms with Crippen LogP contribution in [0.2, 0.25) is 0 Å². The van der Waals surface area contributed by atoms with Crippen LogP contribution < -0.4 is 16.2 Å². The van der Waals surface area contributed by atoms with Crippen LogP contribution in [0.15, 0.2) is 70.5 Å². The van der Waals surface area contributed by atoms with E-state index in [4.69, 9.17) is 0 Å². The maximum absolute atomic E-state index is 13.0. The Bertz CT molecular complexity index is 1140. The van der Waals surface area contributed by atoms with E-state index in [1.807, 2.05) is 30.3 Å². The van der Waals surface area contributed by atoms with Crippen LogP contribution in [0.5, 0.6) is 0 Å². The minimum absolute atomic E-state index is 0.190. The van der Waals surface area contributed by atoms with Crippen LogP contribution in [0, 0.1) is 6.92 Å². The molecule has 9 heteroatoms. The molecule has 2 heterocycles. The van der Waals surface area contributed by atoms with Gasteiger partial charge in [-0.05, 0) is 30.7 Å². The summed E-state index contributed by atoms with van der Waals surface area (Å²) in [5.74, 6) is 0.448. The number of nitrogens with zero attached hydrogens (tertiary/aromatic N) is 3. The van der Waals surface area contributed by atoms with Gasteiger partial charge in [0.15, 0.2) is 6.17 Å². The number of rotatable bonds is 2. The molecule has 6 nitrogen and oxygen atoms in total. The second kappa shape index (κ2) is 7.08. The average molecular weight is 399 g/mol. The largest absolute Gasteiger partial charge is 0.416 e. The summed E-state index contributed by atoms with van der Waals surface area (Å²) in [5.41, 5.74) is 0.411. The summed E-state index contributed by atoms with van der Waals surface area (Å²) in [6.07, 6.45) is -5.16. The summed E-state index contributed by atoms with van der Waals surface area (Å²) in [6, 6.07) is 15.3. The van der Waals surface area contributed by atoms with Gasteiger partial charge in [0, 0.05) is 17.4 Å². The highest BCUT2D eigenvalue weighted by Crippen LogP contribution is 2.31. The first-order chi connectivity index (χ1) is 13.8. The van der Waals surface area contributed by atoms with Crippen LogP contribution in [-0.2, 0) is 6.18 Å². The molecule has 1 aromatic heterocycles. The Hall–Kier alpha value is -3.62. The number of benzene rings is 2. The van der Waals surface area contributed by atoms with E-state index in [1.54, 1.807) is 6.92 Å². The van der Waals surface area contributed by atoms with Crippen LogP contribution in [0.1, 0.15) is 23.0 Å². The van der Waals surface area contributed by atoms with Crippen LogP contribution in [0.4, 0.5) is 24.8 Å². The topological polar surface area (TPSA) is 71.3 Å². The van der Waals surface area contributed by atoms with Crippen molar-refractivity contribution in [2.24, 2.45) is 4.99 Å². The summed E-state index contributed by atoms with van der Waals surface area (Å²) >= 11 is 0. The number of guanidine groups is 1. The molecule has 0 saturated heterocycles. The lowest BCUT2D eigenvalue weighted by Gasteiger charge is -2.27. The Morgan fingerprint density at radius 2 is 1.83 bits per heavy atom. The molecule has 4 rings (SSSR count). The number of alkyl halides is 3. The third-order valence-corrected chi connectivity index (χ3v) is 4.36. The van der Waals surface area contributed by atoms with Gasteiger partial charge >= 0.3 is 6.18 Å². The molecule has 148 valence electrons. The quantitative estimate of drug-likeness (QED) is 0.683. The fourth-order valence-corrected chi connectivity index (χ4v) is 3.07. The van der Waals surface area contributed by atoms with E-state index in [9.17, 15) is 18.0 Å². The van der Waals surface area contributed by atoms with E-state index in [2.05, 4.69) is 20.6 Å².